The smallest absolute Gasteiger partial charge is 0.227 e. The summed E-state index contributed by atoms with van der Waals surface area (Å²) in [6.45, 7) is 2.64. The Morgan fingerprint density at radius 2 is 1.84 bits per heavy atom. The third-order valence-electron chi connectivity index (χ3n) is 5.58. The number of para-hydroxylation sites is 1. The van der Waals surface area contributed by atoms with Crippen molar-refractivity contribution in [2.75, 3.05) is 24.5 Å². The van der Waals surface area contributed by atoms with Crippen LogP contribution in [-0.4, -0.2) is 48.4 Å². The molecule has 0 radical (unpaired) electrons. The highest BCUT2D eigenvalue weighted by Crippen LogP contribution is 2.32. The van der Waals surface area contributed by atoms with Crippen LogP contribution in [0, 0.1) is 5.92 Å². The van der Waals surface area contributed by atoms with Crippen LogP contribution in [0.15, 0.2) is 28.7 Å². The summed E-state index contributed by atoms with van der Waals surface area (Å²) < 4.78 is 0.886. The lowest BCUT2D eigenvalue weighted by Gasteiger charge is -2.32. The molecule has 134 valence electrons. The Bertz CT molecular complexity index is 668. The van der Waals surface area contributed by atoms with E-state index in [2.05, 4.69) is 26.1 Å². The number of nitrogens with zero attached hydrogens (tertiary/aromatic N) is 2. The summed E-state index contributed by atoms with van der Waals surface area (Å²) in [5.41, 5.74) is 0.848. The van der Waals surface area contributed by atoms with E-state index in [1.54, 1.807) is 4.90 Å². The monoisotopic (exact) mass is 405 g/mol. The van der Waals surface area contributed by atoms with Crippen LogP contribution in [0.1, 0.15) is 32.1 Å². The number of amides is 2. The Morgan fingerprint density at radius 3 is 2.52 bits per heavy atom. The third-order valence-corrected chi connectivity index (χ3v) is 6.25. The summed E-state index contributed by atoms with van der Waals surface area (Å²) in [5, 5.41) is 3.19. The summed E-state index contributed by atoms with van der Waals surface area (Å²) in [4.78, 5) is 29.3. The van der Waals surface area contributed by atoms with Crippen LogP contribution in [0.5, 0.6) is 0 Å². The molecule has 0 bridgehead atoms. The maximum absolute atomic E-state index is 12.6. The Balaban J connectivity index is 1.32. The maximum Gasteiger partial charge on any atom is 0.227 e. The molecule has 2 amide bonds. The van der Waals surface area contributed by atoms with Gasteiger partial charge >= 0.3 is 0 Å². The molecule has 1 saturated carbocycles. The SMILES string of the molecule is O=C(NC1CCN(C2CC2)CC1)C1CC(=O)N(c2ccccc2Br)C1. The number of halogens is 1. The lowest BCUT2D eigenvalue weighted by Crippen LogP contribution is -2.47. The molecule has 25 heavy (non-hydrogen) atoms. The molecule has 0 aromatic heterocycles. The van der Waals surface area contributed by atoms with Crippen molar-refractivity contribution in [1.29, 1.82) is 0 Å². The van der Waals surface area contributed by atoms with Crippen LogP contribution in [0.3, 0.4) is 0 Å². The van der Waals surface area contributed by atoms with Crippen LogP contribution < -0.4 is 10.2 Å². The van der Waals surface area contributed by atoms with Gasteiger partial charge in [-0.3, -0.25) is 9.59 Å². The number of carbonyl (C=O) groups is 2. The number of hydrogen-bond acceptors (Lipinski definition) is 3. The van der Waals surface area contributed by atoms with Crippen molar-refractivity contribution in [2.24, 2.45) is 5.92 Å². The van der Waals surface area contributed by atoms with E-state index < -0.39 is 0 Å². The second-order valence-corrected chi connectivity index (χ2v) is 8.26. The third kappa shape index (κ3) is 3.75. The number of nitrogens with one attached hydrogen (secondary N) is 1. The molecular weight excluding hydrogens is 382 g/mol. The molecule has 1 aliphatic carbocycles. The number of carbonyl (C=O) groups excluding carboxylic acids is 2. The first-order valence-electron chi connectivity index (χ1n) is 9.21. The molecule has 1 aromatic carbocycles. The fraction of sp³-hybridized carbons (Fsp3) is 0.579. The minimum absolute atomic E-state index is 0.0237. The molecular formula is C19H24BrN3O2. The molecule has 2 heterocycles. The summed E-state index contributed by atoms with van der Waals surface area (Å²) in [6, 6.07) is 8.73. The highest BCUT2D eigenvalue weighted by molar-refractivity contribution is 9.10. The summed E-state index contributed by atoms with van der Waals surface area (Å²) in [6.07, 6.45) is 5.03. The number of piperidine rings is 1. The van der Waals surface area contributed by atoms with E-state index in [1.807, 2.05) is 24.3 Å². The zero-order valence-corrected chi connectivity index (χ0v) is 15.9. The van der Waals surface area contributed by atoms with Gasteiger partial charge in [0.15, 0.2) is 0 Å². The first-order valence-corrected chi connectivity index (χ1v) is 10.0. The van der Waals surface area contributed by atoms with Crippen LogP contribution in [-0.2, 0) is 9.59 Å². The number of anilines is 1. The van der Waals surface area contributed by atoms with Gasteiger partial charge in [0, 0.05) is 42.6 Å². The zero-order valence-electron chi connectivity index (χ0n) is 14.3. The largest absolute Gasteiger partial charge is 0.353 e. The van der Waals surface area contributed by atoms with Crippen molar-refractivity contribution in [2.45, 2.75) is 44.2 Å². The van der Waals surface area contributed by atoms with Gasteiger partial charge in [-0.15, -0.1) is 0 Å². The summed E-state index contributed by atoms with van der Waals surface area (Å²) >= 11 is 3.49. The van der Waals surface area contributed by atoms with Crippen molar-refractivity contribution >= 4 is 33.4 Å². The fourth-order valence-electron chi connectivity index (χ4n) is 3.95. The van der Waals surface area contributed by atoms with E-state index in [-0.39, 0.29) is 23.8 Å². The molecule has 4 rings (SSSR count). The number of hydrogen-bond donors (Lipinski definition) is 1. The number of rotatable bonds is 4. The van der Waals surface area contributed by atoms with E-state index in [9.17, 15) is 9.59 Å². The van der Waals surface area contributed by atoms with Crippen LogP contribution in [0.4, 0.5) is 5.69 Å². The van der Waals surface area contributed by atoms with Gasteiger partial charge in [-0.2, -0.15) is 0 Å². The molecule has 3 aliphatic rings. The first-order chi connectivity index (χ1) is 12.1. The molecule has 3 fully saturated rings. The average molecular weight is 406 g/mol. The maximum atomic E-state index is 12.6. The number of likely N-dealkylation sites (tertiary alicyclic amines) is 1. The van der Waals surface area contributed by atoms with Gasteiger partial charge in [0.1, 0.15) is 0 Å². The summed E-state index contributed by atoms with van der Waals surface area (Å²) in [7, 11) is 0. The van der Waals surface area contributed by atoms with E-state index in [0.29, 0.717) is 13.0 Å². The quantitative estimate of drug-likeness (QED) is 0.836. The Morgan fingerprint density at radius 1 is 1.12 bits per heavy atom. The van der Waals surface area contributed by atoms with Crippen molar-refractivity contribution < 1.29 is 9.59 Å². The predicted molar refractivity (Wildman–Crippen MR) is 100 cm³/mol. The van der Waals surface area contributed by atoms with Gasteiger partial charge in [-0.1, -0.05) is 12.1 Å². The van der Waals surface area contributed by atoms with Gasteiger partial charge in [-0.05, 0) is 53.7 Å². The molecule has 1 N–H and O–H groups in total. The predicted octanol–water partition coefficient (Wildman–Crippen LogP) is 2.54. The molecule has 6 heteroatoms. The first kappa shape index (κ1) is 17.0. The highest BCUT2D eigenvalue weighted by atomic mass is 79.9. The van der Waals surface area contributed by atoms with Crippen LogP contribution in [0.2, 0.25) is 0 Å². The zero-order chi connectivity index (χ0) is 17.4. The van der Waals surface area contributed by atoms with Crippen molar-refractivity contribution in [1.82, 2.24) is 10.2 Å². The minimum Gasteiger partial charge on any atom is -0.353 e. The van der Waals surface area contributed by atoms with E-state index in [4.69, 9.17) is 0 Å². The van der Waals surface area contributed by atoms with Crippen molar-refractivity contribution in [3.05, 3.63) is 28.7 Å². The second-order valence-electron chi connectivity index (χ2n) is 7.41. The average Bonchev–Trinajstić information content (AvgIpc) is 3.38. The van der Waals surface area contributed by atoms with Crippen LogP contribution >= 0.6 is 15.9 Å². The van der Waals surface area contributed by atoms with Gasteiger partial charge in [0.25, 0.3) is 0 Å². The van der Waals surface area contributed by atoms with E-state index in [0.717, 1.165) is 42.1 Å². The molecule has 0 spiro atoms. The van der Waals surface area contributed by atoms with Gasteiger partial charge < -0.3 is 15.1 Å². The Kier molecular flexibility index (Phi) is 4.82. The standard InChI is InChI=1S/C19H24BrN3O2/c20-16-3-1-2-4-17(16)23-12-13(11-18(23)24)19(25)21-14-7-9-22(10-8-14)15-5-6-15/h1-4,13-15H,5-12H2,(H,21,25). The van der Waals surface area contributed by atoms with Crippen LogP contribution in [0.25, 0.3) is 0 Å². The normalized spacial score (nSPS) is 25.4. The van der Waals surface area contributed by atoms with Crippen molar-refractivity contribution in [3.63, 3.8) is 0 Å². The molecule has 2 saturated heterocycles. The molecule has 2 aliphatic heterocycles. The molecule has 1 unspecified atom stereocenters. The van der Waals surface area contributed by atoms with E-state index >= 15 is 0 Å². The lowest BCUT2D eigenvalue weighted by molar-refractivity contribution is -0.127. The topological polar surface area (TPSA) is 52.7 Å². The minimum atomic E-state index is -0.249. The second kappa shape index (κ2) is 7.08. The molecule has 1 atom stereocenters. The highest BCUT2D eigenvalue weighted by Gasteiger charge is 2.37. The Hall–Kier alpha value is -1.40. The Labute approximate surface area is 156 Å². The molecule has 5 nitrogen and oxygen atoms in total. The molecule has 1 aromatic rings. The van der Waals surface area contributed by atoms with Crippen molar-refractivity contribution in [3.8, 4) is 0 Å². The number of benzene rings is 1. The summed E-state index contributed by atoms with van der Waals surface area (Å²) in [5.74, 6) is -0.190. The van der Waals surface area contributed by atoms with Gasteiger partial charge in [-0.25, -0.2) is 0 Å². The van der Waals surface area contributed by atoms with E-state index in [1.165, 1.54) is 12.8 Å². The lowest BCUT2D eigenvalue weighted by atomic mass is 10.0. The van der Waals surface area contributed by atoms with Gasteiger partial charge in [0.2, 0.25) is 11.8 Å². The fourth-order valence-corrected chi connectivity index (χ4v) is 4.45. The van der Waals surface area contributed by atoms with Gasteiger partial charge in [0.05, 0.1) is 11.6 Å².